The molecule has 1 saturated heterocycles. The molecule has 0 aromatic heterocycles. The maximum absolute atomic E-state index is 12.4. The largest absolute Gasteiger partial charge is 0.481 e. The van der Waals surface area contributed by atoms with Gasteiger partial charge in [0.1, 0.15) is 0 Å². The number of amides is 1. The van der Waals surface area contributed by atoms with Gasteiger partial charge in [0.05, 0.1) is 6.42 Å². The zero-order valence-corrected chi connectivity index (χ0v) is 9.61. The van der Waals surface area contributed by atoms with Gasteiger partial charge in [0.15, 0.2) is 0 Å². The number of hydrogen-bond acceptors (Lipinski definition) is 2. The third kappa shape index (κ3) is 2.30. The maximum Gasteiger partial charge on any atom is 0.471 e. The number of alkyl halides is 3. The van der Waals surface area contributed by atoms with Crippen molar-refractivity contribution in [2.45, 2.75) is 37.9 Å². The van der Waals surface area contributed by atoms with Crippen molar-refractivity contribution in [3.63, 3.8) is 0 Å². The molecule has 1 saturated carbocycles. The van der Waals surface area contributed by atoms with E-state index in [1.165, 1.54) is 0 Å². The van der Waals surface area contributed by atoms with Gasteiger partial charge in [-0.1, -0.05) is 6.42 Å². The molecular weight excluding hydrogens is 251 g/mol. The standard InChI is InChI=1S/C11H14F3NO3/c12-11(13,14)10(18)15-5-6-2-1-3-7(6)8(15)4-9(16)17/h6-8H,1-5H2,(H,16,17)/t6-,7-,8-/m1/s1. The van der Waals surface area contributed by atoms with E-state index >= 15 is 0 Å². The van der Waals surface area contributed by atoms with Gasteiger partial charge in [-0.3, -0.25) is 9.59 Å². The fourth-order valence-corrected chi connectivity index (χ4v) is 3.25. The van der Waals surface area contributed by atoms with Crippen LogP contribution in [0.15, 0.2) is 0 Å². The summed E-state index contributed by atoms with van der Waals surface area (Å²) in [4.78, 5) is 22.8. The highest BCUT2D eigenvalue weighted by molar-refractivity contribution is 5.83. The minimum atomic E-state index is -4.92. The first kappa shape index (κ1) is 13.2. The molecule has 1 aliphatic heterocycles. The molecule has 2 fully saturated rings. The molecule has 1 heterocycles. The quantitative estimate of drug-likeness (QED) is 0.826. The Morgan fingerprint density at radius 2 is 1.94 bits per heavy atom. The number of rotatable bonds is 2. The number of likely N-dealkylation sites (tertiary alicyclic amines) is 1. The van der Waals surface area contributed by atoms with E-state index in [-0.39, 0.29) is 18.4 Å². The molecule has 1 amide bonds. The number of fused-ring (bicyclic) bond motifs is 1. The number of carboxylic acids is 1. The van der Waals surface area contributed by atoms with Crippen LogP contribution in [0.25, 0.3) is 0 Å². The highest BCUT2D eigenvalue weighted by Crippen LogP contribution is 2.44. The zero-order valence-electron chi connectivity index (χ0n) is 9.61. The lowest BCUT2D eigenvalue weighted by molar-refractivity contribution is -0.187. The second-order valence-electron chi connectivity index (χ2n) is 4.98. The van der Waals surface area contributed by atoms with E-state index in [0.29, 0.717) is 6.42 Å². The topological polar surface area (TPSA) is 57.6 Å². The van der Waals surface area contributed by atoms with Crippen LogP contribution in [0.3, 0.4) is 0 Å². The highest BCUT2D eigenvalue weighted by atomic mass is 19.4. The molecule has 7 heteroatoms. The van der Waals surface area contributed by atoms with Crippen molar-refractivity contribution in [1.29, 1.82) is 0 Å². The Morgan fingerprint density at radius 1 is 1.28 bits per heavy atom. The molecule has 4 nitrogen and oxygen atoms in total. The van der Waals surface area contributed by atoms with Crippen molar-refractivity contribution in [1.82, 2.24) is 4.90 Å². The third-order valence-corrected chi connectivity index (χ3v) is 3.93. The summed E-state index contributed by atoms with van der Waals surface area (Å²) in [5, 5.41) is 8.78. The lowest BCUT2D eigenvalue weighted by atomic mass is 9.92. The molecule has 3 atom stereocenters. The van der Waals surface area contributed by atoms with Crippen LogP contribution in [-0.4, -0.2) is 40.6 Å². The first-order chi connectivity index (χ1) is 8.30. The second-order valence-corrected chi connectivity index (χ2v) is 4.98. The summed E-state index contributed by atoms with van der Waals surface area (Å²) < 4.78 is 37.3. The first-order valence-electron chi connectivity index (χ1n) is 5.90. The number of aliphatic carboxylic acids is 1. The van der Waals surface area contributed by atoms with Gasteiger partial charge >= 0.3 is 18.1 Å². The number of hydrogen-bond donors (Lipinski definition) is 1. The van der Waals surface area contributed by atoms with E-state index in [1.807, 2.05) is 0 Å². The number of carboxylic acid groups (broad SMARTS) is 1. The fraction of sp³-hybridized carbons (Fsp3) is 0.818. The van der Waals surface area contributed by atoms with Gasteiger partial charge in [0.2, 0.25) is 0 Å². The summed E-state index contributed by atoms with van der Waals surface area (Å²) in [7, 11) is 0. The Morgan fingerprint density at radius 3 is 2.50 bits per heavy atom. The van der Waals surface area contributed by atoms with Gasteiger partial charge in [-0.05, 0) is 24.7 Å². The minimum Gasteiger partial charge on any atom is -0.481 e. The van der Waals surface area contributed by atoms with E-state index in [2.05, 4.69) is 0 Å². The van der Waals surface area contributed by atoms with Crippen molar-refractivity contribution in [3.05, 3.63) is 0 Å². The molecule has 0 spiro atoms. The molecule has 0 aromatic carbocycles. The predicted octanol–water partition coefficient (Wildman–Crippen LogP) is 1.65. The van der Waals surface area contributed by atoms with E-state index in [4.69, 9.17) is 5.11 Å². The van der Waals surface area contributed by atoms with Crippen LogP contribution in [0.5, 0.6) is 0 Å². The molecule has 1 N–H and O–H groups in total. The van der Waals surface area contributed by atoms with E-state index < -0.39 is 30.5 Å². The first-order valence-corrected chi connectivity index (χ1v) is 5.90. The smallest absolute Gasteiger partial charge is 0.471 e. The van der Waals surface area contributed by atoms with Crippen molar-refractivity contribution < 1.29 is 27.9 Å². The van der Waals surface area contributed by atoms with E-state index in [1.54, 1.807) is 0 Å². The molecule has 2 aliphatic rings. The summed E-state index contributed by atoms with van der Waals surface area (Å²) in [6.07, 6.45) is -2.93. The Balaban J connectivity index is 2.18. The van der Waals surface area contributed by atoms with Crippen molar-refractivity contribution >= 4 is 11.9 Å². The van der Waals surface area contributed by atoms with Crippen LogP contribution in [0.1, 0.15) is 25.7 Å². The van der Waals surface area contributed by atoms with Gasteiger partial charge < -0.3 is 10.0 Å². The second kappa shape index (κ2) is 4.44. The summed E-state index contributed by atoms with van der Waals surface area (Å²) >= 11 is 0. The normalized spacial score (nSPS) is 31.5. The monoisotopic (exact) mass is 265 g/mol. The average molecular weight is 265 g/mol. The van der Waals surface area contributed by atoms with Crippen molar-refractivity contribution in [3.8, 4) is 0 Å². The number of nitrogens with zero attached hydrogens (tertiary/aromatic N) is 1. The molecule has 2 rings (SSSR count). The van der Waals surface area contributed by atoms with Crippen LogP contribution in [0.4, 0.5) is 13.2 Å². The molecule has 0 bridgehead atoms. The SMILES string of the molecule is O=C(O)C[C@@H]1[C@@H]2CCC[C@@H]2CN1C(=O)C(F)(F)F. The summed E-state index contributed by atoms with van der Waals surface area (Å²) in [6, 6.07) is -0.802. The average Bonchev–Trinajstić information content (AvgIpc) is 2.77. The lowest BCUT2D eigenvalue weighted by Gasteiger charge is -2.27. The molecule has 0 unspecified atom stereocenters. The number of halogens is 3. The minimum absolute atomic E-state index is 0.0284. The molecule has 0 aromatic rings. The summed E-state index contributed by atoms with van der Waals surface area (Å²) in [5.41, 5.74) is 0. The van der Waals surface area contributed by atoms with Crippen molar-refractivity contribution in [2.24, 2.45) is 11.8 Å². The van der Waals surface area contributed by atoms with Crippen LogP contribution in [-0.2, 0) is 9.59 Å². The fourth-order valence-electron chi connectivity index (χ4n) is 3.25. The highest BCUT2D eigenvalue weighted by Gasteiger charge is 2.52. The van der Waals surface area contributed by atoms with Gasteiger partial charge in [0, 0.05) is 12.6 Å². The zero-order chi connectivity index (χ0) is 13.5. The van der Waals surface area contributed by atoms with Gasteiger partial charge in [-0.2, -0.15) is 13.2 Å². The Hall–Kier alpha value is -1.27. The molecule has 102 valence electrons. The van der Waals surface area contributed by atoms with Crippen LogP contribution < -0.4 is 0 Å². The summed E-state index contributed by atoms with van der Waals surface area (Å²) in [5.74, 6) is -3.12. The molecule has 0 radical (unpaired) electrons. The van der Waals surface area contributed by atoms with Crippen LogP contribution in [0.2, 0.25) is 0 Å². The molecule has 18 heavy (non-hydrogen) atoms. The van der Waals surface area contributed by atoms with Gasteiger partial charge in [-0.25, -0.2) is 0 Å². The van der Waals surface area contributed by atoms with Crippen LogP contribution >= 0.6 is 0 Å². The lowest BCUT2D eigenvalue weighted by Crippen LogP contribution is -2.46. The molecular formula is C11H14F3NO3. The summed E-state index contributed by atoms with van der Waals surface area (Å²) in [6.45, 7) is 0.0426. The van der Waals surface area contributed by atoms with Gasteiger partial charge in [-0.15, -0.1) is 0 Å². The van der Waals surface area contributed by atoms with Crippen LogP contribution in [0, 0.1) is 11.8 Å². The third-order valence-electron chi connectivity index (χ3n) is 3.93. The van der Waals surface area contributed by atoms with E-state index in [0.717, 1.165) is 17.7 Å². The Kier molecular flexibility index (Phi) is 3.25. The molecule has 1 aliphatic carbocycles. The van der Waals surface area contributed by atoms with Crippen molar-refractivity contribution in [2.75, 3.05) is 6.54 Å². The van der Waals surface area contributed by atoms with E-state index in [9.17, 15) is 22.8 Å². The number of carbonyl (C=O) groups is 2. The Bertz CT molecular complexity index is 369. The maximum atomic E-state index is 12.4. The predicted molar refractivity (Wildman–Crippen MR) is 54.6 cm³/mol. The van der Waals surface area contributed by atoms with Gasteiger partial charge in [0.25, 0.3) is 0 Å². The Labute approximate surface area is 102 Å². The number of carbonyl (C=O) groups excluding carboxylic acids is 1.